The van der Waals surface area contributed by atoms with E-state index in [1.807, 2.05) is 61.3 Å². The second kappa shape index (κ2) is 7.60. The van der Waals surface area contributed by atoms with Crippen LogP contribution in [0.5, 0.6) is 0 Å². The summed E-state index contributed by atoms with van der Waals surface area (Å²) in [6.07, 6.45) is 0. The molecule has 122 valence electrons. The highest BCUT2D eigenvalue weighted by atomic mass is 16.3. The van der Waals surface area contributed by atoms with E-state index in [-0.39, 0.29) is 5.91 Å². The normalized spacial score (nSPS) is 12.0. The van der Waals surface area contributed by atoms with Gasteiger partial charge in [0.25, 0.3) is 0 Å². The fraction of sp³-hybridized carbons (Fsp3) is 0.294. The predicted molar refractivity (Wildman–Crippen MR) is 86.7 cm³/mol. The van der Waals surface area contributed by atoms with E-state index in [1.54, 1.807) is 0 Å². The third-order valence-electron chi connectivity index (χ3n) is 3.47. The lowest BCUT2D eigenvalue weighted by molar-refractivity contribution is -0.125. The molecule has 2 N–H and O–H groups in total. The van der Waals surface area contributed by atoms with Crippen molar-refractivity contribution in [3.05, 3.63) is 59.5 Å². The number of furan rings is 1. The van der Waals surface area contributed by atoms with Crippen molar-refractivity contribution in [3.63, 3.8) is 0 Å². The largest absolute Gasteiger partial charge is 0.465 e. The van der Waals surface area contributed by atoms with Gasteiger partial charge >= 0.3 is 6.03 Å². The van der Waals surface area contributed by atoms with Crippen LogP contribution in [0.3, 0.4) is 0 Å². The molecule has 0 bridgehead atoms. The molecule has 6 heteroatoms. The lowest BCUT2D eigenvalue weighted by Crippen LogP contribution is -2.44. The Labute approximate surface area is 135 Å². The van der Waals surface area contributed by atoms with Gasteiger partial charge in [-0.05, 0) is 31.7 Å². The van der Waals surface area contributed by atoms with Crippen LogP contribution in [0, 0.1) is 6.92 Å². The van der Waals surface area contributed by atoms with Crippen molar-refractivity contribution < 1.29 is 14.0 Å². The average Bonchev–Trinajstić information content (AvgIpc) is 2.93. The smallest absolute Gasteiger partial charge is 0.321 e. The van der Waals surface area contributed by atoms with Gasteiger partial charge in [0, 0.05) is 7.05 Å². The Morgan fingerprint density at radius 1 is 1.17 bits per heavy atom. The van der Waals surface area contributed by atoms with Gasteiger partial charge in [0.15, 0.2) is 0 Å². The zero-order valence-electron chi connectivity index (χ0n) is 13.5. The molecule has 0 fully saturated rings. The van der Waals surface area contributed by atoms with Gasteiger partial charge in [0.2, 0.25) is 5.91 Å². The minimum absolute atomic E-state index is 0.388. The van der Waals surface area contributed by atoms with E-state index in [9.17, 15) is 9.59 Å². The van der Waals surface area contributed by atoms with E-state index in [4.69, 9.17) is 4.42 Å². The van der Waals surface area contributed by atoms with Crippen molar-refractivity contribution in [3.8, 4) is 0 Å². The number of nitrogens with zero attached hydrogens (tertiary/aromatic N) is 1. The van der Waals surface area contributed by atoms with Gasteiger partial charge in [-0.1, -0.05) is 30.3 Å². The average molecular weight is 315 g/mol. The maximum absolute atomic E-state index is 12.5. The molecule has 1 aromatic carbocycles. The maximum atomic E-state index is 12.5. The topological polar surface area (TPSA) is 74.6 Å². The predicted octanol–water partition coefficient (Wildman–Crippen LogP) is 2.22. The van der Waals surface area contributed by atoms with Crippen LogP contribution in [0.4, 0.5) is 4.79 Å². The van der Waals surface area contributed by atoms with Crippen molar-refractivity contribution in [2.75, 3.05) is 14.1 Å². The molecule has 0 aliphatic heterocycles. The molecule has 0 radical (unpaired) electrons. The molecule has 0 unspecified atom stereocenters. The lowest BCUT2D eigenvalue weighted by Gasteiger charge is -2.26. The molecular formula is C17H21N3O3. The molecule has 0 spiro atoms. The van der Waals surface area contributed by atoms with E-state index in [0.717, 1.165) is 17.1 Å². The van der Waals surface area contributed by atoms with E-state index in [2.05, 4.69) is 10.6 Å². The summed E-state index contributed by atoms with van der Waals surface area (Å²) in [5.74, 6) is 1.19. The minimum atomic E-state index is -0.598. The number of rotatable bonds is 5. The van der Waals surface area contributed by atoms with E-state index >= 15 is 0 Å². The van der Waals surface area contributed by atoms with Gasteiger partial charge in [-0.15, -0.1) is 0 Å². The van der Waals surface area contributed by atoms with Crippen LogP contribution >= 0.6 is 0 Å². The summed E-state index contributed by atoms with van der Waals surface area (Å²) < 4.78 is 5.57. The Bertz CT molecular complexity index is 667. The summed E-state index contributed by atoms with van der Waals surface area (Å²) in [6, 6.07) is 12.0. The van der Waals surface area contributed by atoms with Gasteiger partial charge < -0.3 is 9.73 Å². The number of likely N-dealkylation sites (N-methyl/N-ethyl adjacent to an activating group) is 1. The van der Waals surface area contributed by atoms with Crippen LogP contribution in [0.25, 0.3) is 0 Å². The zero-order valence-corrected chi connectivity index (χ0v) is 13.5. The first-order chi connectivity index (χ1) is 11.0. The fourth-order valence-corrected chi connectivity index (χ4v) is 2.39. The molecule has 1 aromatic heterocycles. The third kappa shape index (κ3) is 4.43. The maximum Gasteiger partial charge on any atom is 0.321 e. The van der Waals surface area contributed by atoms with Gasteiger partial charge in [0.05, 0.1) is 6.54 Å². The van der Waals surface area contributed by atoms with Crippen molar-refractivity contribution in [1.82, 2.24) is 15.5 Å². The van der Waals surface area contributed by atoms with Crippen molar-refractivity contribution in [2.45, 2.75) is 19.5 Å². The molecule has 23 heavy (non-hydrogen) atoms. The van der Waals surface area contributed by atoms with E-state index in [1.165, 1.54) is 7.05 Å². The Morgan fingerprint density at radius 3 is 2.43 bits per heavy atom. The summed E-state index contributed by atoms with van der Waals surface area (Å²) >= 11 is 0. The van der Waals surface area contributed by atoms with Gasteiger partial charge in [-0.2, -0.15) is 0 Å². The number of carbonyl (C=O) groups is 2. The first-order valence-electron chi connectivity index (χ1n) is 7.34. The number of imide groups is 1. The number of benzene rings is 1. The molecule has 0 saturated carbocycles. The molecule has 2 aromatic rings. The van der Waals surface area contributed by atoms with Crippen LogP contribution in [0.15, 0.2) is 46.9 Å². The van der Waals surface area contributed by atoms with E-state index in [0.29, 0.717) is 6.54 Å². The molecule has 1 heterocycles. The highest BCUT2D eigenvalue weighted by molar-refractivity contribution is 5.97. The summed E-state index contributed by atoms with van der Waals surface area (Å²) in [5, 5.41) is 4.73. The molecule has 2 rings (SSSR count). The Kier molecular flexibility index (Phi) is 5.54. The van der Waals surface area contributed by atoms with Crippen molar-refractivity contribution in [2.24, 2.45) is 0 Å². The van der Waals surface area contributed by atoms with E-state index < -0.39 is 12.1 Å². The Hall–Kier alpha value is -2.60. The highest BCUT2D eigenvalue weighted by Gasteiger charge is 2.27. The first kappa shape index (κ1) is 16.8. The van der Waals surface area contributed by atoms with Crippen molar-refractivity contribution >= 4 is 11.9 Å². The van der Waals surface area contributed by atoms with Gasteiger partial charge in [0.1, 0.15) is 17.6 Å². The lowest BCUT2D eigenvalue weighted by atomic mass is 10.0. The number of aryl methyl sites for hydroxylation is 1. The summed E-state index contributed by atoms with van der Waals surface area (Å²) in [5.41, 5.74) is 0.805. The Morgan fingerprint density at radius 2 is 1.87 bits per heavy atom. The van der Waals surface area contributed by atoms with Gasteiger partial charge in [-0.3, -0.25) is 15.0 Å². The van der Waals surface area contributed by atoms with Crippen LogP contribution in [0.2, 0.25) is 0 Å². The number of carbonyl (C=O) groups excluding carboxylic acids is 2. The monoisotopic (exact) mass is 315 g/mol. The SMILES string of the molecule is CNC(=O)NC(=O)[C@H](c1ccccc1)N(C)Cc1ccc(C)o1. The minimum Gasteiger partial charge on any atom is -0.465 e. The number of hydrogen-bond donors (Lipinski definition) is 2. The standard InChI is InChI=1S/C17H21N3O3/c1-12-9-10-14(23-12)11-20(3)15(13-7-5-4-6-8-13)16(21)19-17(22)18-2/h4-10,15H,11H2,1-3H3,(H2,18,19,21,22)/t15-/m0/s1. The van der Waals surface area contributed by atoms with Crippen LogP contribution in [0.1, 0.15) is 23.1 Å². The zero-order chi connectivity index (χ0) is 16.8. The second-order valence-corrected chi connectivity index (χ2v) is 5.31. The number of hydrogen-bond acceptors (Lipinski definition) is 4. The number of urea groups is 1. The van der Waals surface area contributed by atoms with Crippen molar-refractivity contribution in [1.29, 1.82) is 0 Å². The molecule has 0 saturated heterocycles. The summed E-state index contributed by atoms with van der Waals surface area (Å²) in [4.78, 5) is 25.8. The number of amides is 3. The fourth-order valence-electron chi connectivity index (χ4n) is 2.39. The summed E-state index contributed by atoms with van der Waals surface area (Å²) in [6.45, 7) is 2.32. The third-order valence-corrected chi connectivity index (χ3v) is 3.47. The molecule has 1 atom stereocenters. The van der Waals surface area contributed by atoms with Gasteiger partial charge in [-0.25, -0.2) is 4.79 Å². The van der Waals surface area contributed by atoms with Crippen LogP contribution in [-0.2, 0) is 11.3 Å². The Balaban J connectivity index is 2.22. The van der Waals surface area contributed by atoms with Crippen LogP contribution < -0.4 is 10.6 Å². The highest BCUT2D eigenvalue weighted by Crippen LogP contribution is 2.22. The molecule has 6 nitrogen and oxygen atoms in total. The molecule has 0 aliphatic carbocycles. The molecular weight excluding hydrogens is 294 g/mol. The summed E-state index contributed by atoms with van der Waals surface area (Å²) in [7, 11) is 3.29. The number of nitrogens with one attached hydrogen (secondary N) is 2. The van der Waals surface area contributed by atoms with Crippen LogP contribution in [-0.4, -0.2) is 30.9 Å². The first-order valence-corrected chi connectivity index (χ1v) is 7.34. The molecule has 0 aliphatic rings. The quantitative estimate of drug-likeness (QED) is 0.887. The molecule has 3 amide bonds. The second-order valence-electron chi connectivity index (χ2n) is 5.31.